The summed E-state index contributed by atoms with van der Waals surface area (Å²) in [5, 5.41) is 22.6. The average molecular weight is 239 g/mol. The van der Waals surface area contributed by atoms with E-state index in [1.54, 1.807) is 11.0 Å². The second-order valence-electron chi connectivity index (χ2n) is 4.61. The largest absolute Gasteiger partial charge is 0.369 e. The number of anilines is 2. The molecule has 0 saturated carbocycles. The molecule has 1 atom stereocenters. The van der Waals surface area contributed by atoms with Crippen LogP contribution in [0.5, 0.6) is 0 Å². The molecular formula is C14H13N3O. The minimum atomic E-state index is -0.728. The van der Waals surface area contributed by atoms with Gasteiger partial charge in [0.1, 0.15) is 11.9 Å². The lowest BCUT2D eigenvalue weighted by atomic mass is 10.0. The van der Waals surface area contributed by atoms with Crippen molar-refractivity contribution in [2.75, 3.05) is 10.2 Å². The summed E-state index contributed by atoms with van der Waals surface area (Å²) >= 11 is 0. The molecule has 4 nitrogen and oxygen atoms in total. The number of aliphatic hydroxyl groups excluding tert-OH is 1. The summed E-state index contributed by atoms with van der Waals surface area (Å²) in [5.74, 6) is 0.672. The molecule has 0 spiro atoms. The molecule has 0 fully saturated rings. The van der Waals surface area contributed by atoms with Crippen LogP contribution >= 0.6 is 0 Å². The van der Waals surface area contributed by atoms with Gasteiger partial charge in [0.05, 0.1) is 16.9 Å². The van der Waals surface area contributed by atoms with E-state index in [9.17, 15) is 10.4 Å². The Morgan fingerprint density at radius 3 is 2.89 bits per heavy atom. The molecule has 2 heterocycles. The van der Waals surface area contributed by atoms with E-state index < -0.39 is 6.23 Å². The average Bonchev–Trinajstić information content (AvgIpc) is 2.67. The maximum absolute atomic E-state index is 10.1. The van der Waals surface area contributed by atoms with Gasteiger partial charge in [-0.2, -0.15) is 5.26 Å². The highest BCUT2D eigenvalue weighted by Gasteiger charge is 2.34. The lowest BCUT2D eigenvalue weighted by molar-refractivity contribution is 0.224. The molecule has 2 aliphatic heterocycles. The number of aryl methyl sites for hydroxylation is 1. The smallest absolute Gasteiger partial charge is 0.152 e. The van der Waals surface area contributed by atoms with Gasteiger partial charge < -0.3 is 10.4 Å². The summed E-state index contributed by atoms with van der Waals surface area (Å²) in [6.45, 7) is 3.85. The number of hydrogen-bond acceptors (Lipinski definition) is 4. The van der Waals surface area contributed by atoms with Crippen LogP contribution in [0.3, 0.4) is 0 Å². The Balaban J connectivity index is 2.20. The van der Waals surface area contributed by atoms with E-state index in [1.807, 2.05) is 32.0 Å². The van der Waals surface area contributed by atoms with Crippen molar-refractivity contribution in [2.24, 2.45) is 0 Å². The van der Waals surface area contributed by atoms with Crippen molar-refractivity contribution in [1.82, 2.24) is 0 Å². The standard InChI is InChI=1S/C14H13N3O/c1-8-3-4-12-11(5-8)16-14-10(7-15)9(2)6-13(18)17(12)14/h3-6,13,16,18H,1-2H3. The number of nitrogens with one attached hydrogen (secondary N) is 1. The van der Waals surface area contributed by atoms with Crippen LogP contribution in [0, 0.1) is 18.3 Å². The summed E-state index contributed by atoms with van der Waals surface area (Å²) in [4.78, 5) is 1.75. The zero-order chi connectivity index (χ0) is 12.9. The summed E-state index contributed by atoms with van der Waals surface area (Å²) in [5.41, 5.74) is 4.35. The third-order valence-corrected chi connectivity index (χ3v) is 3.31. The molecule has 2 aliphatic rings. The molecule has 0 saturated heterocycles. The highest BCUT2D eigenvalue weighted by Crippen LogP contribution is 2.42. The number of hydrogen-bond donors (Lipinski definition) is 2. The lowest BCUT2D eigenvalue weighted by Crippen LogP contribution is -2.35. The van der Waals surface area contributed by atoms with Gasteiger partial charge in [0.25, 0.3) is 0 Å². The molecule has 0 aliphatic carbocycles. The van der Waals surface area contributed by atoms with E-state index in [2.05, 4.69) is 11.4 Å². The summed E-state index contributed by atoms with van der Waals surface area (Å²) in [7, 11) is 0. The molecule has 0 amide bonds. The number of allylic oxidation sites excluding steroid dienone is 2. The Morgan fingerprint density at radius 1 is 1.39 bits per heavy atom. The first-order chi connectivity index (χ1) is 8.61. The first-order valence-corrected chi connectivity index (χ1v) is 5.80. The van der Waals surface area contributed by atoms with Crippen molar-refractivity contribution in [2.45, 2.75) is 20.1 Å². The fourth-order valence-electron chi connectivity index (χ4n) is 2.44. The number of aliphatic hydroxyl groups is 1. The fourth-order valence-corrected chi connectivity index (χ4v) is 2.44. The predicted octanol–water partition coefficient (Wildman–Crippen LogP) is 2.24. The lowest BCUT2D eigenvalue weighted by Gasteiger charge is -2.29. The van der Waals surface area contributed by atoms with E-state index in [4.69, 9.17) is 0 Å². The third kappa shape index (κ3) is 1.35. The SMILES string of the molecule is CC1=CC(O)N2C(=C1C#N)Nc1cc(C)ccc12. The van der Waals surface area contributed by atoms with Crippen LogP contribution in [0.4, 0.5) is 11.4 Å². The zero-order valence-corrected chi connectivity index (χ0v) is 10.2. The van der Waals surface area contributed by atoms with Crippen LogP contribution < -0.4 is 10.2 Å². The van der Waals surface area contributed by atoms with Gasteiger partial charge in [0, 0.05) is 0 Å². The number of nitriles is 1. The molecule has 90 valence electrons. The maximum Gasteiger partial charge on any atom is 0.152 e. The summed E-state index contributed by atoms with van der Waals surface area (Å²) in [6.07, 6.45) is 0.965. The summed E-state index contributed by atoms with van der Waals surface area (Å²) < 4.78 is 0. The first kappa shape index (κ1) is 10.9. The summed E-state index contributed by atoms with van der Waals surface area (Å²) in [6, 6.07) is 8.15. The molecule has 18 heavy (non-hydrogen) atoms. The fraction of sp³-hybridized carbons (Fsp3) is 0.214. The second-order valence-corrected chi connectivity index (χ2v) is 4.61. The van der Waals surface area contributed by atoms with Crippen LogP contribution in [-0.2, 0) is 0 Å². The van der Waals surface area contributed by atoms with Crippen molar-refractivity contribution in [1.29, 1.82) is 5.26 Å². The molecule has 1 aromatic rings. The van der Waals surface area contributed by atoms with Crippen LogP contribution in [0.25, 0.3) is 0 Å². The van der Waals surface area contributed by atoms with Gasteiger partial charge in [0.15, 0.2) is 6.23 Å². The monoisotopic (exact) mass is 239 g/mol. The molecule has 0 radical (unpaired) electrons. The van der Waals surface area contributed by atoms with E-state index in [0.717, 1.165) is 22.5 Å². The van der Waals surface area contributed by atoms with Crippen LogP contribution in [-0.4, -0.2) is 11.3 Å². The van der Waals surface area contributed by atoms with Crippen LogP contribution in [0.15, 0.2) is 41.2 Å². The van der Waals surface area contributed by atoms with Gasteiger partial charge in [-0.15, -0.1) is 0 Å². The molecule has 0 aromatic heterocycles. The topological polar surface area (TPSA) is 59.3 Å². The predicted molar refractivity (Wildman–Crippen MR) is 69.7 cm³/mol. The van der Waals surface area contributed by atoms with Crippen molar-refractivity contribution >= 4 is 11.4 Å². The number of fused-ring (bicyclic) bond motifs is 3. The number of nitrogens with zero attached hydrogens (tertiary/aromatic N) is 2. The van der Waals surface area contributed by atoms with Gasteiger partial charge in [-0.3, -0.25) is 4.90 Å². The Morgan fingerprint density at radius 2 is 2.17 bits per heavy atom. The van der Waals surface area contributed by atoms with E-state index in [1.165, 1.54) is 0 Å². The van der Waals surface area contributed by atoms with Crippen molar-refractivity contribution in [3.8, 4) is 6.07 Å². The van der Waals surface area contributed by atoms with Gasteiger partial charge in [-0.05, 0) is 43.2 Å². The Hall–Kier alpha value is -2.25. The Labute approximate surface area is 105 Å². The van der Waals surface area contributed by atoms with Gasteiger partial charge in [0.2, 0.25) is 0 Å². The van der Waals surface area contributed by atoms with E-state index >= 15 is 0 Å². The van der Waals surface area contributed by atoms with Gasteiger partial charge in [-0.1, -0.05) is 6.07 Å². The maximum atomic E-state index is 10.1. The molecule has 1 aromatic carbocycles. The Bertz CT molecular complexity index is 637. The minimum absolute atomic E-state index is 0.578. The van der Waals surface area contributed by atoms with Crippen molar-refractivity contribution < 1.29 is 5.11 Å². The molecule has 3 rings (SSSR count). The van der Waals surface area contributed by atoms with E-state index in [0.29, 0.717) is 11.4 Å². The minimum Gasteiger partial charge on any atom is -0.369 e. The molecule has 2 N–H and O–H groups in total. The van der Waals surface area contributed by atoms with Crippen LogP contribution in [0.1, 0.15) is 12.5 Å². The molecule has 0 bridgehead atoms. The highest BCUT2D eigenvalue weighted by molar-refractivity contribution is 5.84. The highest BCUT2D eigenvalue weighted by atomic mass is 16.3. The van der Waals surface area contributed by atoms with Gasteiger partial charge in [-0.25, -0.2) is 0 Å². The van der Waals surface area contributed by atoms with Crippen LogP contribution in [0.2, 0.25) is 0 Å². The normalized spacial score (nSPS) is 20.9. The van der Waals surface area contributed by atoms with E-state index in [-0.39, 0.29) is 0 Å². The van der Waals surface area contributed by atoms with Crippen molar-refractivity contribution in [3.05, 3.63) is 46.8 Å². The zero-order valence-electron chi connectivity index (χ0n) is 10.2. The Kier molecular flexibility index (Phi) is 2.19. The second kappa shape index (κ2) is 3.62. The first-order valence-electron chi connectivity index (χ1n) is 5.80. The quantitative estimate of drug-likeness (QED) is 0.729. The number of benzene rings is 1. The number of rotatable bonds is 0. The molecular weight excluding hydrogens is 226 g/mol. The molecule has 4 heteroatoms. The molecule has 1 unspecified atom stereocenters. The van der Waals surface area contributed by atoms with Crippen molar-refractivity contribution in [3.63, 3.8) is 0 Å². The van der Waals surface area contributed by atoms with Gasteiger partial charge >= 0.3 is 0 Å². The third-order valence-electron chi connectivity index (χ3n) is 3.31.